The zero-order valence-electron chi connectivity index (χ0n) is 11.4. The van der Waals surface area contributed by atoms with Gasteiger partial charge in [-0.25, -0.2) is 14.5 Å². The van der Waals surface area contributed by atoms with Gasteiger partial charge in [-0.15, -0.1) is 0 Å². The Kier molecular flexibility index (Phi) is 4.06. The average Bonchev–Trinajstić information content (AvgIpc) is 3.01. The molecule has 0 aliphatic carbocycles. The van der Waals surface area contributed by atoms with Gasteiger partial charge in [0.15, 0.2) is 17.4 Å². The van der Waals surface area contributed by atoms with Crippen LogP contribution in [-0.2, 0) is 13.8 Å². The first-order chi connectivity index (χ1) is 10.8. The summed E-state index contributed by atoms with van der Waals surface area (Å²) in [6, 6.07) is 0. The summed E-state index contributed by atoms with van der Waals surface area (Å²) in [5.74, 6) is 0. The number of rotatable bonds is 4. The molecule has 4 atom stereocenters. The van der Waals surface area contributed by atoms with E-state index in [-0.39, 0.29) is 11.2 Å². The number of fused-ring (bicyclic) bond motifs is 1. The quantitative estimate of drug-likeness (QED) is 0.382. The van der Waals surface area contributed by atoms with Crippen LogP contribution in [0.2, 0.25) is 0 Å². The fraction of sp³-hybridized carbons (Fsp3) is 0.500. The molecule has 126 valence electrons. The van der Waals surface area contributed by atoms with E-state index >= 15 is 0 Å². The first kappa shape index (κ1) is 16.2. The number of phosphoric acid groups is 1. The number of imidazole rings is 1. The maximum Gasteiger partial charge on any atom is 0.470 e. The molecule has 1 saturated heterocycles. The minimum atomic E-state index is -4.91. The molecule has 4 unspecified atom stereocenters. The molecular formula is C10H13N4O8P. The van der Waals surface area contributed by atoms with E-state index in [0.717, 1.165) is 6.33 Å². The Morgan fingerprint density at radius 1 is 1.43 bits per heavy atom. The monoisotopic (exact) mass is 348 g/mol. The van der Waals surface area contributed by atoms with Gasteiger partial charge in [0.25, 0.3) is 5.56 Å². The molecule has 0 amide bonds. The van der Waals surface area contributed by atoms with Gasteiger partial charge in [0, 0.05) is 0 Å². The normalized spacial score (nSPS) is 28.5. The summed E-state index contributed by atoms with van der Waals surface area (Å²) in [4.78, 5) is 39.5. The highest BCUT2D eigenvalue weighted by molar-refractivity contribution is 7.46. The topological polar surface area (TPSA) is 180 Å². The summed E-state index contributed by atoms with van der Waals surface area (Å²) in [5, 5.41) is 19.5. The van der Waals surface area contributed by atoms with E-state index < -0.39 is 44.5 Å². The minimum absolute atomic E-state index is 0.00297. The van der Waals surface area contributed by atoms with Crippen LogP contribution >= 0.6 is 7.82 Å². The fourth-order valence-electron chi connectivity index (χ4n) is 2.43. The molecule has 0 aromatic carbocycles. The summed E-state index contributed by atoms with van der Waals surface area (Å²) in [5.41, 5.74) is -0.391. The standard InChI is InChI=1S/C10H13N4O8P/c15-1-4-7(22-23(18,19)20)6(16)10(21-4)14-3-13-5-8(14)11-2-12-9(5)17/h2-4,6-7,10,15-16H,1H2,(H,11,12,17)(H2,18,19,20). The minimum Gasteiger partial charge on any atom is -0.394 e. The second-order valence-electron chi connectivity index (χ2n) is 4.85. The number of aromatic amines is 1. The van der Waals surface area contributed by atoms with Gasteiger partial charge < -0.3 is 29.7 Å². The number of hydrogen-bond donors (Lipinski definition) is 5. The van der Waals surface area contributed by atoms with Crippen LogP contribution in [0.15, 0.2) is 17.4 Å². The van der Waals surface area contributed by atoms with Crippen molar-refractivity contribution in [3.05, 3.63) is 23.0 Å². The summed E-state index contributed by atoms with van der Waals surface area (Å²) >= 11 is 0. The third kappa shape index (κ3) is 2.93. The number of nitrogens with one attached hydrogen (secondary N) is 1. The predicted octanol–water partition coefficient (Wildman–Crippen LogP) is -2.15. The number of hydrogen-bond acceptors (Lipinski definition) is 8. The highest BCUT2D eigenvalue weighted by atomic mass is 31.2. The van der Waals surface area contributed by atoms with E-state index in [1.165, 1.54) is 10.9 Å². The van der Waals surface area contributed by atoms with Crippen molar-refractivity contribution in [2.75, 3.05) is 6.61 Å². The van der Waals surface area contributed by atoms with Gasteiger partial charge in [0.1, 0.15) is 18.3 Å². The number of aliphatic hydroxyl groups excluding tert-OH is 2. The van der Waals surface area contributed by atoms with Crippen molar-refractivity contribution in [2.45, 2.75) is 24.5 Å². The van der Waals surface area contributed by atoms with E-state index in [1.807, 2.05) is 0 Å². The van der Waals surface area contributed by atoms with Gasteiger partial charge in [0.05, 0.1) is 19.3 Å². The van der Waals surface area contributed by atoms with Gasteiger partial charge in [-0.1, -0.05) is 0 Å². The number of H-pyrrole nitrogens is 1. The zero-order valence-corrected chi connectivity index (χ0v) is 12.3. The molecular weight excluding hydrogens is 335 g/mol. The number of nitrogens with zero attached hydrogens (tertiary/aromatic N) is 3. The van der Waals surface area contributed by atoms with Crippen molar-refractivity contribution >= 4 is 19.0 Å². The third-order valence-corrected chi connectivity index (χ3v) is 3.91. The Balaban J connectivity index is 1.98. The molecule has 3 rings (SSSR count). The van der Waals surface area contributed by atoms with Crippen molar-refractivity contribution < 1.29 is 33.8 Å². The van der Waals surface area contributed by atoms with E-state index in [9.17, 15) is 19.6 Å². The summed E-state index contributed by atoms with van der Waals surface area (Å²) < 4.78 is 22.1. The number of aromatic nitrogens is 4. The maximum atomic E-state index is 11.6. The van der Waals surface area contributed by atoms with Gasteiger partial charge in [0.2, 0.25) is 0 Å². The molecule has 0 spiro atoms. The van der Waals surface area contributed by atoms with E-state index in [4.69, 9.17) is 14.5 Å². The molecule has 0 bridgehead atoms. The van der Waals surface area contributed by atoms with Crippen molar-refractivity contribution in [2.24, 2.45) is 0 Å². The van der Waals surface area contributed by atoms with Crippen LogP contribution in [0.5, 0.6) is 0 Å². The van der Waals surface area contributed by atoms with Crippen LogP contribution < -0.4 is 5.56 Å². The summed E-state index contributed by atoms with van der Waals surface area (Å²) in [6.45, 7) is -0.640. The fourth-order valence-corrected chi connectivity index (χ4v) is 3.01. The molecule has 0 saturated carbocycles. The zero-order chi connectivity index (χ0) is 16.8. The Hall–Kier alpha value is -1.66. The lowest BCUT2D eigenvalue weighted by atomic mass is 10.1. The first-order valence-corrected chi connectivity index (χ1v) is 7.93. The Morgan fingerprint density at radius 3 is 2.83 bits per heavy atom. The molecule has 23 heavy (non-hydrogen) atoms. The van der Waals surface area contributed by atoms with Gasteiger partial charge in [-0.3, -0.25) is 13.9 Å². The SMILES string of the molecule is O=c1[nH]cnc2c1ncn2C1OC(CO)C(OP(=O)(O)O)C1O. The van der Waals surface area contributed by atoms with E-state index in [1.54, 1.807) is 0 Å². The summed E-state index contributed by atoms with van der Waals surface area (Å²) in [7, 11) is -4.91. The van der Waals surface area contributed by atoms with Crippen LogP contribution in [0, 0.1) is 0 Å². The number of ether oxygens (including phenoxy) is 1. The van der Waals surface area contributed by atoms with Gasteiger partial charge >= 0.3 is 7.82 Å². The van der Waals surface area contributed by atoms with Crippen LogP contribution in [0.25, 0.3) is 11.2 Å². The van der Waals surface area contributed by atoms with Gasteiger partial charge in [-0.05, 0) is 0 Å². The molecule has 1 aliphatic rings. The number of phosphoric ester groups is 1. The largest absolute Gasteiger partial charge is 0.470 e. The molecule has 5 N–H and O–H groups in total. The molecule has 1 aliphatic heterocycles. The van der Waals surface area contributed by atoms with Crippen molar-refractivity contribution in [1.29, 1.82) is 0 Å². The molecule has 3 heterocycles. The van der Waals surface area contributed by atoms with E-state index in [0.29, 0.717) is 0 Å². The molecule has 13 heteroatoms. The van der Waals surface area contributed by atoms with Crippen molar-refractivity contribution in [1.82, 2.24) is 19.5 Å². The Bertz CT molecular complexity index is 815. The lowest BCUT2D eigenvalue weighted by molar-refractivity contribution is -0.0509. The van der Waals surface area contributed by atoms with Crippen LogP contribution in [-0.4, -0.2) is 64.4 Å². The van der Waals surface area contributed by atoms with Gasteiger partial charge in [-0.2, -0.15) is 0 Å². The second kappa shape index (κ2) is 5.76. The maximum absolute atomic E-state index is 11.6. The smallest absolute Gasteiger partial charge is 0.394 e. The molecule has 2 aromatic rings. The highest BCUT2D eigenvalue weighted by Crippen LogP contribution is 2.43. The molecule has 0 radical (unpaired) electrons. The predicted molar refractivity (Wildman–Crippen MR) is 72.1 cm³/mol. The Morgan fingerprint density at radius 2 is 2.17 bits per heavy atom. The first-order valence-electron chi connectivity index (χ1n) is 6.40. The third-order valence-electron chi connectivity index (χ3n) is 3.39. The lowest BCUT2D eigenvalue weighted by Gasteiger charge is -2.19. The molecule has 2 aromatic heterocycles. The van der Waals surface area contributed by atoms with E-state index in [2.05, 4.69) is 19.5 Å². The summed E-state index contributed by atoms with van der Waals surface area (Å²) in [6.07, 6.45) is -3.04. The van der Waals surface area contributed by atoms with Crippen molar-refractivity contribution in [3.63, 3.8) is 0 Å². The van der Waals surface area contributed by atoms with Crippen LogP contribution in [0.1, 0.15) is 6.23 Å². The van der Waals surface area contributed by atoms with Crippen LogP contribution in [0.4, 0.5) is 0 Å². The Labute approximate surface area is 127 Å². The lowest BCUT2D eigenvalue weighted by Crippen LogP contribution is -2.35. The highest BCUT2D eigenvalue weighted by Gasteiger charge is 2.48. The molecule has 12 nitrogen and oxygen atoms in total. The van der Waals surface area contributed by atoms with Crippen LogP contribution in [0.3, 0.4) is 0 Å². The van der Waals surface area contributed by atoms with Crippen molar-refractivity contribution in [3.8, 4) is 0 Å². The number of aliphatic hydroxyl groups is 2. The average molecular weight is 348 g/mol. The second-order valence-corrected chi connectivity index (χ2v) is 6.05. The molecule has 1 fully saturated rings.